The van der Waals surface area contributed by atoms with Crippen molar-refractivity contribution < 1.29 is 19.1 Å². The van der Waals surface area contributed by atoms with Crippen LogP contribution >= 0.6 is 0 Å². The summed E-state index contributed by atoms with van der Waals surface area (Å²) in [4.78, 5) is 39.3. The number of hydrogen-bond acceptors (Lipinski definition) is 5. The van der Waals surface area contributed by atoms with Crippen LogP contribution in [-0.4, -0.2) is 29.6 Å². The Labute approximate surface area is 150 Å². The molecule has 3 rings (SSSR count). The number of nitrogens with zero attached hydrogens (tertiary/aromatic N) is 1. The van der Waals surface area contributed by atoms with Gasteiger partial charge in [-0.05, 0) is 23.9 Å². The van der Waals surface area contributed by atoms with Crippen LogP contribution in [0.15, 0.2) is 65.0 Å². The summed E-state index contributed by atoms with van der Waals surface area (Å²) >= 11 is 0. The summed E-state index contributed by atoms with van der Waals surface area (Å²) in [7, 11) is 0. The molecule has 26 heavy (non-hydrogen) atoms. The summed E-state index contributed by atoms with van der Waals surface area (Å²) < 4.78 is 5.70. The average Bonchev–Trinajstić information content (AvgIpc) is 2.89. The Morgan fingerprint density at radius 3 is 2.88 bits per heavy atom. The number of piperidine rings is 1. The van der Waals surface area contributed by atoms with Gasteiger partial charge in [0.2, 0.25) is 11.8 Å². The molecule has 7 heteroatoms. The molecule has 2 aliphatic heterocycles. The van der Waals surface area contributed by atoms with Gasteiger partial charge in [-0.15, -0.1) is 0 Å². The molecule has 3 amide bonds. The molecule has 1 aromatic rings. The molecule has 0 aromatic heterocycles. The lowest BCUT2D eigenvalue weighted by molar-refractivity contribution is -0.136. The van der Waals surface area contributed by atoms with Crippen LogP contribution in [0.2, 0.25) is 0 Å². The largest absolute Gasteiger partial charge is 0.489 e. The molecule has 1 saturated heterocycles. The number of nitrogens with one attached hydrogen (secondary N) is 2. The van der Waals surface area contributed by atoms with Crippen molar-refractivity contribution in [3.8, 4) is 0 Å². The number of hydrogen-bond donors (Lipinski definition) is 2. The SMILES string of the molecule is O=C1CCC(NC(=O)C2=CC(OCc3ccccc3)=CC=C=N2)C(=O)N1. The first-order chi connectivity index (χ1) is 12.6. The van der Waals surface area contributed by atoms with Crippen molar-refractivity contribution in [2.75, 3.05) is 0 Å². The number of ether oxygens (including phenoxy) is 1. The second kappa shape index (κ2) is 8.09. The van der Waals surface area contributed by atoms with Gasteiger partial charge in [0.1, 0.15) is 24.1 Å². The minimum absolute atomic E-state index is 0.0720. The first-order valence-electron chi connectivity index (χ1n) is 8.14. The zero-order valence-corrected chi connectivity index (χ0v) is 13.9. The van der Waals surface area contributed by atoms with Gasteiger partial charge in [-0.1, -0.05) is 30.3 Å². The van der Waals surface area contributed by atoms with E-state index in [9.17, 15) is 14.4 Å². The van der Waals surface area contributed by atoms with Crippen molar-refractivity contribution in [3.63, 3.8) is 0 Å². The fraction of sp³-hybridized carbons (Fsp3) is 0.211. The lowest BCUT2D eigenvalue weighted by Gasteiger charge is -2.21. The summed E-state index contributed by atoms with van der Waals surface area (Å²) in [6.45, 7) is 0.346. The predicted octanol–water partition coefficient (Wildman–Crippen LogP) is 1.13. The Kier molecular flexibility index (Phi) is 5.41. The van der Waals surface area contributed by atoms with Crippen molar-refractivity contribution in [2.24, 2.45) is 4.99 Å². The zero-order valence-electron chi connectivity index (χ0n) is 13.9. The normalized spacial score (nSPS) is 19.2. The van der Waals surface area contributed by atoms with Gasteiger partial charge in [0.25, 0.3) is 5.91 Å². The average molecular weight is 351 g/mol. The molecule has 1 unspecified atom stereocenters. The van der Waals surface area contributed by atoms with E-state index >= 15 is 0 Å². The molecular weight excluding hydrogens is 334 g/mol. The van der Waals surface area contributed by atoms with Crippen LogP contribution in [0.4, 0.5) is 0 Å². The molecule has 7 nitrogen and oxygen atoms in total. The first kappa shape index (κ1) is 17.4. The van der Waals surface area contributed by atoms with Gasteiger partial charge in [0.05, 0.1) is 0 Å². The van der Waals surface area contributed by atoms with Gasteiger partial charge in [-0.3, -0.25) is 19.7 Å². The van der Waals surface area contributed by atoms with E-state index in [1.807, 2.05) is 30.3 Å². The molecule has 1 fully saturated rings. The van der Waals surface area contributed by atoms with E-state index < -0.39 is 17.9 Å². The number of amides is 3. The van der Waals surface area contributed by atoms with Gasteiger partial charge in [-0.25, -0.2) is 4.99 Å². The maximum atomic E-state index is 12.4. The van der Waals surface area contributed by atoms with E-state index in [1.54, 1.807) is 12.2 Å². The Bertz CT molecular complexity index is 849. The van der Waals surface area contributed by atoms with E-state index in [0.717, 1.165) is 5.56 Å². The van der Waals surface area contributed by atoms with E-state index in [-0.39, 0.29) is 24.4 Å². The second-order valence-electron chi connectivity index (χ2n) is 5.76. The Hall–Kier alpha value is -3.44. The van der Waals surface area contributed by atoms with Crippen molar-refractivity contribution >= 4 is 23.6 Å². The summed E-state index contributed by atoms with van der Waals surface area (Å²) in [6.07, 6.45) is 5.13. The topological polar surface area (TPSA) is 96.9 Å². The number of benzene rings is 1. The monoisotopic (exact) mass is 351 g/mol. The number of carbonyl (C=O) groups is 3. The zero-order chi connectivity index (χ0) is 18.4. The minimum atomic E-state index is -0.763. The van der Waals surface area contributed by atoms with E-state index in [2.05, 4.69) is 21.5 Å². The third-order valence-corrected chi connectivity index (χ3v) is 3.81. The highest BCUT2D eigenvalue weighted by atomic mass is 16.5. The first-order valence-corrected chi connectivity index (χ1v) is 8.14. The summed E-state index contributed by atoms with van der Waals surface area (Å²) in [6, 6.07) is 8.85. The van der Waals surface area contributed by atoms with Crippen LogP contribution in [0.5, 0.6) is 0 Å². The number of carbonyl (C=O) groups excluding carboxylic acids is 3. The number of imide groups is 1. The smallest absolute Gasteiger partial charge is 0.271 e. The fourth-order valence-electron chi connectivity index (χ4n) is 2.45. The van der Waals surface area contributed by atoms with Crippen molar-refractivity contribution in [1.82, 2.24) is 10.6 Å². The van der Waals surface area contributed by atoms with Crippen molar-refractivity contribution in [3.05, 3.63) is 65.6 Å². The number of aliphatic imine (C=N–C) groups is 1. The number of allylic oxidation sites excluding steroid dienone is 3. The quantitative estimate of drug-likeness (QED) is 0.777. The third kappa shape index (κ3) is 4.55. The van der Waals surface area contributed by atoms with Gasteiger partial charge < -0.3 is 10.1 Å². The van der Waals surface area contributed by atoms with Crippen LogP contribution < -0.4 is 10.6 Å². The van der Waals surface area contributed by atoms with Gasteiger partial charge in [-0.2, -0.15) is 0 Å². The Morgan fingerprint density at radius 2 is 2.12 bits per heavy atom. The number of rotatable bonds is 5. The third-order valence-electron chi connectivity index (χ3n) is 3.81. The van der Waals surface area contributed by atoms with Crippen LogP contribution in [0.3, 0.4) is 0 Å². The molecule has 0 spiro atoms. The molecule has 1 aromatic carbocycles. The van der Waals surface area contributed by atoms with Crippen molar-refractivity contribution in [1.29, 1.82) is 0 Å². The van der Waals surface area contributed by atoms with Gasteiger partial charge in [0.15, 0.2) is 0 Å². The maximum absolute atomic E-state index is 12.4. The standard InChI is InChI=1S/C19H17N3O4/c23-17-9-8-15(18(24)22-17)21-19(25)16-11-14(7-4-10-20-16)26-12-13-5-2-1-3-6-13/h1-7,11,15H,8-9,12H2,(H,21,25)(H,22,23,24). The van der Waals surface area contributed by atoms with Crippen molar-refractivity contribution in [2.45, 2.75) is 25.5 Å². The van der Waals surface area contributed by atoms with Crippen LogP contribution in [0, 0.1) is 0 Å². The molecule has 2 N–H and O–H groups in total. The molecule has 2 aliphatic rings. The molecule has 0 saturated carbocycles. The highest BCUT2D eigenvalue weighted by Crippen LogP contribution is 2.13. The van der Waals surface area contributed by atoms with Crippen LogP contribution in [0.1, 0.15) is 18.4 Å². The molecule has 132 valence electrons. The van der Waals surface area contributed by atoms with E-state index in [4.69, 9.17) is 4.74 Å². The minimum Gasteiger partial charge on any atom is -0.489 e. The predicted molar refractivity (Wildman–Crippen MR) is 93.7 cm³/mol. The van der Waals surface area contributed by atoms with E-state index in [1.165, 1.54) is 6.08 Å². The second-order valence-corrected chi connectivity index (χ2v) is 5.76. The maximum Gasteiger partial charge on any atom is 0.271 e. The molecular formula is C19H17N3O4. The summed E-state index contributed by atoms with van der Waals surface area (Å²) in [5.74, 6) is 1.69. The molecule has 0 radical (unpaired) electrons. The highest BCUT2D eigenvalue weighted by molar-refractivity contribution is 6.03. The summed E-state index contributed by atoms with van der Waals surface area (Å²) in [5.41, 5.74) is 1.06. The lowest BCUT2D eigenvalue weighted by atomic mass is 10.1. The van der Waals surface area contributed by atoms with Crippen LogP contribution in [-0.2, 0) is 25.7 Å². The fourth-order valence-corrected chi connectivity index (χ4v) is 2.45. The lowest BCUT2D eigenvalue weighted by Crippen LogP contribution is -2.52. The molecule has 0 bridgehead atoms. The van der Waals surface area contributed by atoms with Crippen LogP contribution in [0.25, 0.3) is 0 Å². The van der Waals surface area contributed by atoms with E-state index in [0.29, 0.717) is 12.4 Å². The Balaban J connectivity index is 1.64. The van der Waals surface area contributed by atoms with Gasteiger partial charge in [0, 0.05) is 18.6 Å². The van der Waals surface area contributed by atoms with Gasteiger partial charge >= 0.3 is 0 Å². The molecule has 1 atom stereocenters. The molecule has 2 heterocycles. The Morgan fingerprint density at radius 1 is 1.31 bits per heavy atom. The summed E-state index contributed by atoms with van der Waals surface area (Å²) in [5, 5.41) is 4.78. The molecule has 0 aliphatic carbocycles. The highest BCUT2D eigenvalue weighted by Gasteiger charge is 2.28.